The molecule has 136 valence electrons. The molecule has 0 saturated heterocycles. The van der Waals surface area contributed by atoms with Gasteiger partial charge in [-0.25, -0.2) is 0 Å². The van der Waals surface area contributed by atoms with Crippen LogP contribution in [0.1, 0.15) is 37.4 Å². The minimum absolute atomic E-state index is 0.236. The van der Waals surface area contributed by atoms with Crippen LogP contribution >= 0.6 is 0 Å². The van der Waals surface area contributed by atoms with Gasteiger partial charge in [-0.15, -0.1) is 0 Å². The van der Waals surface area contributed by atoms with Gasteiger partial charge >= 0.3 is 0 Å². The van der Waals surface area contributed by atoms with Gasteiger partial charge in [0.15, 0.2) is 0 Å². The quantitative estimate of drug-likeness (QED) is 0.726. The number of anilines is 1. The van der Waals surface area contributed by atoms with E-state index in [1.807, 2.05) is 44.2 Å². The molecule has 1 aromatic heterocycles. The fourth-order valence-corrected chi connectivity index (χ4v) is 2.67. The largest absolute Gasteiger partial charge is 0.348 e. The molecular weight excluding hydrogens is 338 g/mol. The minimum Gasteiger partial charge on any atom is -0.348 e. The minimum atomic E-state index is -0.245. The number of carbonyl (C=O) groups excluding carboxylic acids is 2. The second kappa shape index (κ2) is 8.27. The van der Waals surface area contributed by atoms with E-state index < -0.39 is 0 Å². The normalized spacial score (nSPS) is 10.3. The third-order valence-corrected chi connectivity index (χ3v) is 4.42. The van der Waals surface area contributed by atoms with E-state index in [4.69, 9.17) is 0 Å². The lowest BCUT2D eigenvalue weighted by atomic mass is 10.1. The fourth-order valence-electron chi connectivity index (χ4n) is 2.67. The van der Waals surface area contributed by atoms with E-state index in [-0.39, 0.29) is 11.8 Å². The molecule has 0 spiro atoms. The van der Waals surface area contributed by atoms with Crippen LogP contribution in [-0.4, -0.2) is 16.8 Å². The summed E-state index contributed by atoms with van der Waals surface area (Å²) in [7, 11) is 0. The SMILES string of the molecule is Cc1cccc(NC(=O)c2cccc(C(=O)NCc3cccnc3)c2)c1C. The highest BCUT2D eigenvalue weighted by Crippen LogP contribution is 2.19. The van der Waals surface area contributed by atoms with Gasteiger partial charge in [-0.1, -0.05) is 24.3 Å². The number of hydrogen-bond acceptors (Lipinski definition) is 3. The molecule has 1 heterocycles. The molecule has 0 aliphatic carbocycles. The Bertz CT molecular complexity index is 968. The van der Waals surface area contributed by atoms with Crippen molar-refractivity contribution in [2.24, 2.45) is 0 Å². The van der Waals surface area contributed by atoms with Crippen molar-refractivity contribution in [2.45, 2.75) is 20.4 Å². The van der Waals surface area contributed by atoms with E-state index >= 15 is 0 Å². The summed E-state index contributed by atoms with van der Waals surface area (Å²) in [6.45, 7) is 4.34. The lowest BCUT2D eigenvalue weighted by Crippen LogP contribution is -2.23. The van der Waals surface area contributed by atoms with Gasteiger partial charge in [0.1, 0.15) is 0 Å². The van der Waals surface area contributed by atoms with Crippen LogP contribution in [0.2, 0.25) is 0 Å². The molecule has 27 heavy (non-hydrogen) atoms. The van der Waals surface area contributed by atoms with Crippen molar-refractivity contribution < 1.29 is 9.59 Å². The molecule has 0 atom stereocenters. The van der Waals surface area contributed by atoms with Gasteiger partial charge in [-0.05, 0) is 60.9 Å². The number of hydrogen-bond donors (Lipinski definition) is 2. The molecule has 0 aliphatic rings. The summed E-state index contributed by atoms with van der Waals surface area (Å²) in [6, 6.07) is 16.2. The Hall–Kier alpha value is -3.47. The number of nitrogens with one attached hydrogen (secondary N) is 2. The molecule has 0 aliphatic heterocycles. The second-order valence-corrected chi connectivity index (χ2v) is 6.33. The van der Waals surface area contributed by atoms with Crippen LogP contribution in [0.3, 0.4) is 0 Å². The summed E-state index contributed by atoms with van der Waals surface area (Å²) in [5, 5.41) is 5.75. The number of benzene rings is 2. The van der Waals surface area contributed by atoms with Crippen LogP contribution < -0.4 is 10.6 Å². The molecule has 0 unspecified atom stereocenters. The van der Waals surface area contributed by atoms with E-state index in [9.17, 15) is 9.59 Å². The highest BCUT2D eigenvalue weighted by atomic mass is 16.2. The summed E-state index contributed by atoms with van der Waals surface area (Å²) in [6.07, 6.45) is 3.39. The zero-order valence-electron chi connectivity index (χ0n) is 15.3. The van der Waals surface area contributed by atoms with Gasteiger partial charge in [0.2, 0.25) is 0 Å². The third kappa shape index (κ3) is 4.58. The summed E-state index contributed by atoms with van der Waals surface area (Å²) in [5.74, 6) is -0.481. The van der Waals surface area contributed by atoms with Crippen molar-refractivity contribution in [3.63, 3.8) is 0 Å². The van der Waals surface area contributed by atoms with E-state index in [1.165, 1.54) is 0 Å². The van der Waals surface area contributed by atoms with Crippen LogP contribution in [0, 0.1) is 13.8 Å². The standard InChI is InChI=1S/C22H21N3O2/c1-15-6-3-10-20(16(15)2)25-22(27)19-9-4-8-18(12-19)21(26)24-14-17-7-5-11-23-13-17/h3-13H,14H2,1-2H3,(H,24,26)(H,25,27). The third-order valence-electron chi connectivity index (χ3n) is 4.42. The Kier molecular flexibility index (Phi) is 5.61. The monoisotopic (exact) mass is 359 g/mol. The first kappa shape index (κ1) is 18.3. The number of rotatable bonds is 5. The maximum Gasteiger partial charge on any atom is 0.255 e. The zero-order valence-corrected chi connectivity index (χ0v) is 15.3. The van der Waals surface area contributed by atoms with Crippen LogP contribution in [0.5, 0.6) is 0 Å². The van der Waals surface area contributed by atoms with Gasteiger partial charge in [0, 0.05) is 35.8 Å². The Labute approximate surface area is 158 Å². The maximum absolute atomic E-state index is 12.6. The predicted molar refractivity (Wildman–Crippen MR) is 106 cm³/mol. The number of pyridine rings is 1. The van der Waals surface area contributed by atoms with Gasteiger partial charge < -0.3 is 10.6 Å². The van der Waals surface area contributed by atoms with E-state index in [2.05, 4.69) is 15.6 Å². The maximum atomic E-state index is 12.6. The lowest BCUT2D eigenvalue weighted by Gasteiger charge is -2.11. The molecule has 3 rings (SSSR count). The number of amides is 2. The molecule has 3 aromatic rings. The average molecular weight is 359 g/mol. The highest BCUT2D eigenvalue weighted by Gasteiger charge is 2.12. The van der Waals surface area contributed by atoms with E-state index in [0.717, 1.165) is 22.4 Å². The topological polar surface area (TPSA) is 71.1 Å². The molecule has 2 aromatic carbocycles. The first-order valence-electron chi connectivity index (χ1n) is 8.69. The van der Waals surface area contributed by atoms with Crippen molar-refractivity contribution in [2.75, 3.05) is 5.32 Å². The van der Waals surface area contributed by atoms with Crippen LogP contribution in [0.4, 0.5) is 5.69 Å². The van der Waals surface area contributed by atoms with Crippen molar-refractivity contribution >= 4 is 17.5 Å². The summed E-state index contributed by atoms with van der Waals surface area (Å²) >= 11 is 0. The Balaban J connectivity index is 1.70. The predicted octanol–water partition coefficient (Wildman–Crippen LogP) is 3.88. The molecular formula is C22H21N3O2. The van der Waals surface area contributed by atoms with Gasteiger partial charge in [-0.2, -0.15) is 0 Å². The number of aryl methyl sites for hydroxylation is 1. The Morgan fingerprint density at radius 1 is 0.926 bits per heavy atom. The molecule has 5 nitrogen and oxygen atoms in total. The van der Waals surface area contributed by atoms with Gasteiger partial charge in [0.05, 0.1) is 0 Å². The van der Waals surface area contributed by atoms with Crippen molar-refractivity contribution in [1.29, 1.82) is 0 Å². The Morgan fingerprint density at radius 2 is 1.67 bits per heavy atom. The van der Waals surface area contributed by atoms with Crippen LogP contribution in [0.25, 0.3) is 0 Å². The molecule has 0 saturated carbocycles. The lowest BCUT2D eigenvalue weighted by molar-refractivity contribution is 0.0951. The first-order valence-corrected chi connectivity index (χ1v) is 8.69. The van der Waals surface area contributed by atoms with Crippen molar-refractivity contribution in [3.8, 4) is 0 Å². The molecule has 0 radical (unpaired) electrons. The first-order chi connectivity index (χ1) is 13.0. The van der Waals surface area contributed by atoms with Gasteiger partial charge in [-0.3, -0.25) is 14.6 Å². The molecule has 2 amide bonds. The van der Waals surface area contributed by atoms with Gasteiger partial charge in [0.25, 0.3) is 11.8 Å². The number of aromatic nitrogens is 1. The smallest absolute Gasteiger partial charge is 0.255 e. The molecule has 5 heteroatoms. The van der Waals surface area contributed by atoms with E-state index in [1.54, 1.807) is 36.7 Å². The Morgan fingerprint density at radius 3 is 2.41 bits per heavy atom. The number of nitrogens with zero attached hydrogens (tertiary/aromatic N) is 1. The molecule has 0 bridgehead atoms. The fraction of sp³-hybridized carbons (Fsp3) is 0.136. The summed E-state index contributed by atoms with van der Waals surface area (Å²) < 4.78 is 0. The highest BCUT2D eigenvalue weighted by molar-refractivity contribution is 6.06. The summed E-state index contributed by atoms with van der Waals surface area (Å²) in [5.41, 5.74) is 4.69. The van der Waals surface area contributed by atoms with Crippen LogP contribution in [0.15, 0.2) is 67.0 Å². The molecule has 0 fully saturated rings. The van der Waals surface area contributed by atoms with E-state index in [0.29, 0.717) is 17.7 Å². The van der Waals surface area contributed by atoms with Crippen LogP contribution in [-0.2, 0) is 6.54 Å². The zero-order chi connectivity index (χ0) is 19.2. The molecule has 2 N–H and O–H groups in total. The summed E-state index contributed by atoms with van der Waals surface area (Å²) in [4.78, 5) is 29.0. The number of carbonyl (C=O) groups is 2. The average Bonchev–Trinajstić information content (AvgIpc) is 2.70. The van der Waals surface area contributed by atoms with Crippen molar-refractivity contribution in [1.82, 2.24) is 10.3 Å². The second-order valence-electron chi connectivity index (χ2n) is 6.33. The van der Waals surface area contributed by atoms with Crippen molar-refractivity contribution in [3.05, 3.63) is 94.8 Å².